The Labute approximate surface area is 171 Å². The highest BCUT2D eigenvalue weighted by atomic mass is 32.2. The number of carbonyl (C=O) groups excluding carboxylic acids is 2. The molecule has 2 rings (SSSR count). The van der Waals surface area contributed by atoms with Crippen molar-refractivity contribution in [3.8, 4) is 0 Å². The summed E-state index contributed by atoms with van der Waals surface area (Å²) >= 11 is 0. The van der Waals surface area contributed by atoms with Crippen LogP contribution in [-0.4, -0.2) is 57.0 Å². The Hall–Kier alpha value is -2.49. The molecule has 0 aliphatic carbocycles. The first-order valence-corrected chi connectivity index (χ1v) is 10.7. The molecular weight excluding hydrogens is 396 g/mol. The number of amides is 1. The van der Waals surface area contributed by atoms with Gasteiger partial charge in [-0.2, -0.15) is 4.31 Å². The monoisotopic (exact) mass is 422 g/mol. The number of benzene rings is 1. The molecule has 1 heterocycles. The van der Waals surface area contributed by atoms with E-state index in [2.05, 4.69) is 5.32 Å². The number of nitrogens with one attached hydrogen (secondary N) is 1. The summed E-state index contributed by atoms with van der Waals surface area (Å²) in [5, 5.41) is 2.60. The van der Waals surface area contributed by atoms with Gasteiger partial charge in [-0.3, -0.25) is 4.79 Å². The van der Waals surface area contributed by atoms with Crippen LogP contribution >= 0.6 is 0 Å². The lowest BCUT2D eigenvalue weighted by atomic mass is 10.2. The first-order chi connectivity index (χ1) is 13.8. The number of aryl methyl sites for hydroxylation is 1. The van der Waals surface area contributed by atoms with Crippen LogP contribution in [-0.2, 0) is 29.1 Å². The van der Waals surface area contributed by atoms with Crippen molar-refractivity contribution in [3.63, 3.8) is 0 Å². The number of ether oxygens (including phenoxy) is 2. The van der Waals surface area contributed by atoms with Gasteiger partial charge in [-0.15, -0.1) is 0 Å². The summed E-state index contributed by atoms with van der Waals surface area (Å²) in [6.07, 6.45) is 5.09. The van der Waals surface area contributed by atoms with Crippen LogP contribution < -0.4 is 5.32 Å². The van der Waals surface area contributed by atoms with E-state index in [1.165, 1.54) is 29.4 Å². The zero-order chi connectivity index (χ0) is 21.4. The van der Waals surface area contributed by atoms with E-state index in [-0.39, 0.29) is 18.0 Å². The molecule has 1 aliphatic rings. The van der Waals surface area contributed by atoms with Crippen LogP contribution in [0.1, 0.15) is 19.4 Å². The number of anilines is 1. The summed E-state index contributed by atoms with van der Waals surface area (Å²) < 4.78 is 37.5. The normalized spacial score (nSPS) is 16.8. The first kappa shape index (κ1) is 22.8. The fourth-order valence-electron chi connectivity index (χ4n) is 2.64. The smallest absolute Gasteiger partial charge is 0.331 e. The number of hydrogen-bond donors (Lipinski definition) is 1. The lowest BCUT2D eigenvalue weighted by Crippen LogP contribution is -2.40. The van der Waals surface area contributed by atoms with Gasteiger partial charge in [-0.05, 0) is 38.5 Å². The van der Waals surface area contributed by atoms with Crippen molar-refractivity contribution in [3.05, 3.63) is 48.1 Å². The molecule has 1 N–H and O–H groups in total. The lowest BCUT2D eigenvalue weighted by molar-refractivity contribution is -0.148. The molecule has 29 heavy (non-hydrogen) atoms. The van der Waals surface area contributed by atoms with Crippen molar-refractivity contribution >= 4 is 27.6 Å². The standard InChI is InChI=1S/C20H26N2O6S/c1-4-5-6-7-19(23)28-16(3)20(24)21-17-9-8-15(2)18(14-17)29(25,26)22-10-12-27-13-11-22/h4-9,14,16H,10-13H2,1-3H3,(H,21,24)/b5-4+,7-6+/t16-/m1/s1. The van der Waals surface area contributed by atoms with Crippen LogP contribution in [0.25, 0.3) is 0 Å². The molecule has 1 amide bonds. The van der Waals surface area contributed by atoms with Crippen LogP contribution in [0.3, 0.4) is 0 Å². The van der Waals surface area contributed by atoms with E-state index >= 15 is 0 Å². The summed E-state index contributed by atoms with van der Waals surface area (Å²) in [5.74, 6) is -1.21. The minimum absolute atomic E-state index is 0.121. The first-order valence-electron chi connectivity index (χ1n) is 9.25. The quantitative estimate of drug-likeness (QED) is 0.410. The Balaban J connectivity index is 2.10. The van der Waals surface area contributed by atoms with Crippen molar-refractivity contribution in [2.24, 2.45) is 0 Å². The molecule has 0 unspecified atom stereocenters. The van der Waals surface area contributed by atoms with Gasteiger partial charge in [0.05, 0.1) is 18.1 Å². The Morgan fingerprint density at radius 1 is 1.24 bits per heavy atom. The van der Waals surface area contributed by atoms with E-state index in [9.17, 15) is 18.0 Å². The largest absolute Gasteiger partial charge is 0.449 e. The minimum atomic E-state index is -3.70. The summed E-state index contributed by atoms with van der Waals surface area (Å²) in [5.41, 5.74) is 0.878. The number of sulfonamides is 1. The molecule has 1 fully saturated rings. The van der Waals surface area contributed by atoms with E-state index in [0.717, 1.165) is 0 Å². The maximum Gasteiger partial charge on any atom is 0.331 e. The number of esters is 1. The maximum absolute atomic E-state index is 12.9. The van der Waals surface area contributed by atoms with Gasteiger partial charge in [-0.1, -0.05) is 24.3 Å². The van der Waals surface area contributed by atoms with Crippen LogP contribution in [0.5, 0.6) is 0 Å². The van der Waals surface area contributed by atoms with Crippen molar-refractivity contribution in [1.82, 2.24) is 4.31 Å². The topological polar surface area (TPSA) is 102 Å². The molecule has 0 bridgehead atoms. The summed E-state index contributed by atoms with van der Waals surface area (Å²) in [7, 11) is -3.70. The van der Waals surface area contributed by atoms with Crippen molar-refractivity contribution in [2.45, 2.75) is 31.8 Å². The molecule has 9 heteroatoms. The molecular formula is C20H26N2O6S. The zero-order valence-corrected chi connectivity index (χ0v) is 17.6. The number of carbonyl (C=O) groups is 2. The SMILES string of the molecule is C/C=C/C=C/C(=O)O[C@H](C)C(=O)Nc1ccc(C)c(S(=O)(=O)N2CCOCC2)c1. The van der Waals surface area contributed by atoms with E-state index in [1.807, 2.05) is 0 Å². The van der Waals surface area contributed by atoms with Gasteiger partial charge in [-0.25, -0.2) is 13.2 Å². The Morgan fingerprint density at radius 3 is 2.59 bits per heavy atom. The molecule has 158 valence electrons. The molecule has 8 nitrogen and oxygen atoms in total. The molecule has 1 aromatic carbocycles. The van der Waals surface area contributed by atoms with E-state index in [1.54, 1.807) is 38.1 Å². The fraction of sp³-hybridized carbons (Fsp3) is 0.400. The predicted molar refractivity (Wildman–Crippen MR) is 109 cm³/mol. The van der Waals surface area contributed by atoms with Gasteiger partial charge in [0.25, 0.3) is 5.91 Å². The van der Waals surface area contributed by atoms with Gasteiger partial charge in [0.1, 0.15) is 0 Å². The maximum atomic E-state index is 12.9. The van der Waals surface area contributed by atoms with Crippen molar-refractivity contribution < 1.29 is 27.5 Å². The zero-order valence-electron chi connectivity index (χ0n) is 16.8. The van der Waals surface area contributed by atoms with Gasteiger partial charge < -0.3 is 14.8 Å². The Bertz CT molecular complexity index is 902. The van der Waals surface area contributed by atoms with Crippen molar-refractivity contribution in [1.29, 1.82) is 0 Å². The highest BCUT2D eigenvalue weighted by Crippen LogP contribution is 2.24. The highest BCUT2D eigenvalue weighted by molar-refractivity contribution is 7.89. The van der Waals surface area contributed by atoms with Crippen LogP contribution in [0.15, 0.2) is 47.4 Å². The second kappa shape index (κ2) is 10.3. The predicted octanol–water partition coefficient (Wildman–Crippen LogP) is 2.02. The minimum Gasteiger partial charge on any atom is -0.449 e. The molecule has 0 radical (unpaired) electrons. The van der Waals surface area contributed by atoms with Gasteiger partial charge >= 0.3 is 5.97 Å². The van der Waals surface area contributed by atoms with Crippen molar-refractivity contribution in [2.75, 3.05) is 31.6 Å². The fourth-order valence-corrected chi connectivity index (χ4v) is 4.30. The van der Waals surface area contributed by atoms with E-state index < -0.39 is 28.0 Å². The average Bonchev–Trinajstić information content (AvgIpc) is 2.70. The molecule has 1 aliphatic heterocycles. The average molecular weight is 423 g/mol. The number of nitrogens with zero attached hydrogens (tertiary/aromatic N) is 1. The number of morpholine rings is 1. The summed E-state index contributed by atoms with van der Waals surface area (Å²) in [4.78, 5) is 24.1. The molecule has 1 saturated heterocycles. The van der Waals surface area contributed by atoms with Crippen LogP contribution in [0.2, 0.25) is 0 Å². The third-order valence-electron chi connectivity index (χ3n) is 4.24. The number of rotatable bonds is 7. The molecule has 1 aromatic rings. The third kappa shape index (κ3) is 6.25. The highest BCUT2D eigenvalue weighted by Gasteiger charge is 2.28. The number of hydrogen-bond acceptors (Lipinski definition) is 6. The van der Waals surface area contributed by atoms with Crippen LogP contribution in [0, 0.1) is 6.92 Å². The second-order valence-electron chi connectivity index (χ2n) is 6.45. The molecule has 1 atom stereocenters. The third-order valence-corrected chi connectivity index (χ3v) is 6.28. The van der Waals surface area contributed by atoms with Gasteiger partial charge in [0, 0.05) is 24.9 Å². The van der Waals surface area contributed by atoms with E-state index in [0.29, 0.717) is 24.5 Å². The van der Waals surface area contributed by atoms with E-state index in [4.69, 9.17) is 9.47 Å². The molecule has 0 saturated carbocycles. The van der Waals surface area contributed by atoms with Gasteiger partial charge in [0.2, 0.25) is 10.0 Å². The lowest BCUT2D eigenvalue weighted by Gasteiger charge is -2.27. The van der Waals surface area contributed by atoms with Crippen LogP contribution in [0.4, 0.5) is 5.69 Å². The Morgan fingerprint density at radius 2 is 1.93 bits per heavy atom. The second-order valence-corrected chi connectivity index (χ2v) is 8.36. The molecule has 0 spiro atoms. The summed E-state index contributed by atoms with van der Waals surface area (Å²) in [6, 6.07) is 4.64. The molecule has 0 aromatic heterocycles. The van der Waals surface area contributed by atoms with Gasteiger partial charge in [0.15, 0.2) is 6.10 Å². The Kier molecular flexibility index (Phi) is 8.12. The number of allylic oxidation sites excluding steroid dienone is 3. The summed E-state index contributed by atoms with van der Waals surface area (Å²) in [6.45, 7) is 6.20.